The molecule has 0 bridgehead atoms. The number of fused-ring (bicyclic) bond motifs is 4. The Labute approximate surface area is 201 Å². The van der Waals surface area contributed by atoms with Gasteiger partial charge in [0, 0.05) is 0 Å². The van der Waals surface area contributed by atoms with E-state index in [0.29, 0.717) is 6.04 Å². The predicted molar refractivity (Wildman–Crippen MR) is 146 cm³/mol. The van der Waals surface area contributed by atoms with E-state index < -0.39 is 13.3 Å². The second-order valence-electron chi connectivity index (χ2n) is 10.9. The fourth-order valence-electron chi connectivity index (χ4n) is 4.91. The van der Waals surface area contributed by atoms with E-state index in [9.17, 15) is 0 Å². The van der Waals surface area contributed by atoms with Crippen LogP contribution in [0.1, 0.15) is 33.3 Å². The zero-order valence-electron chi connectivity index (χ0n) is 21.1. The minimum atomic E-state index is -1.96. The van der Waals surface area contributed by atoms with E-state index in [1.807, 2.05) is 0 Å². The van der Waals surface area contributed by atoms with Crippen molar-refractivity contribution in [3.8, 4) is 11.3 Å². The van der Waals surface area contributed by atoms with Crippen molar-refractivity contribution in [2.45, 2.75) is 50.4 Å². The molecule has 0 amide bonds. The van der Waals surface area contributed by atoms with Gasteiger partial charge in [-0.25, -0.2) is 0 Å². The molecule has 2 heterocycles. The normalized spacial score (nSPS) is 13.3. The molecule has 1 nitrogen and oxygen atoms in total. The van der Waals surface area contributed by atoms with E-state index in [-0.39, 0.29) is 19.9 Å². The monoisotopic (exact) mass is 548 g/mol. The van der Waals surface area contributed by atoms with Crippen LogP contribution in [0.2, 0.25) is 17.3 Å². The molecule has 0 unspecified atom stereocenters. The molecule has 0 spiro atoms. The SMILES string of the molecule is [2H]c1cnc(-c2cc(C(C)(C)C)c3ccccc3c2)c2[se]c3c(C)[c]([Ge]([CH3])([CH3])[CH3])ccc3c12. The molecule has 0 radical (unpaired) electrons. The summed E-state index contributed by atoms with van der Waals surface area (Å²) >= 11 is -1.81. The third-order valence-corrected chi connectivity index (χ3v) is 13.8. The van der Waals surface area contributed by atoms with Gasteiger partial charge in [0.2, 0.25) is 0 Å². The molecule has 2 aromatic heterocycles. The Morgan fingerprint density at radius 1 is 0.906 bits per heavy atom. The summed E-state index contributed by atoms with van der Waals surface area (Å²) in [6, 6.07) is 18.5. The van der Waals surface area contributed by atoms with Gasteiger partial charge in [0.05, 0.1) is 0 Å². The van der Waals surface area contributed by atoms with Crippen molar-refractivity contribution in [3.05, 3.63) is 71.9 Å². The van der Waals surface area contributed by atoms with E-state index >= 15 is 0 Å². The van der Waals surface area contributed by atoms with Crippen LogP contribution in [0.3, 0.4) is 0 Å². The maximum atomic E-state index is 8.72. The molecule has 32 heavy (non-hydrogen) atoms. The van der Waals surface area contributed by atoms with Crippen LogP contribution in [-0.2, 0) is 5.41 Å². The van der Waals surface area contributed by atoms with Gasteiger partial charge in [-0.1, -0.05) is 0 Å². The Balaban J connectivity index is 1.87. The van der Waals surface area contributed by atoms with Crippen LogP contribution in [0.15, 0.2) is 60.8 Å². The Hall–Kier alpha value is -1.87. The topological polar surface area (TPSA) is 12.9 Å². The molecule has 0 atom stereocenters. The molecule has 3 aromatic carbocycles. The number of rotatable bonds is 2. The minimum absolute atomic E-state index is 0.0344. The zero-order valence-corrected chi connectivity index (χ0v) is 23.9. The molecule has 5 aromatic rings. The molecule has 3 heteroatoms. The van der Waals surface area contributed by atoms with Crippen LogP contribution in [0.5, 0.6) is 0 Å². The molecule has 0 aliphatic heterocycles. The molecule has 162 valence electrons. The summed E-state index contributed by atoms with van der Waals surface area (Å²) in [7, 11) is 0. The first kappa shape index (κ1) is 20.7. The second kappa shape index (κ2) is 7.59. The standard InChI is InChI=1S/C29H31GeNSe/c1-18-25(30(5,6)7)13-12-22-23-14-15-31-26(28(23)32-27(18)22)20-16-19-10-8-9-11-21(19)24(17-20)29(2,3)4/h8-17H,1-7H3/i14D. The first-order valence-corrected chi connectivity index (χ1v) is 20.4. The molecule has 0 aliphatic rings. The van der Waals surface area contributed by atoms with Crippen molar-refractivity contribution >= 4 is 62.2 Å². The van der Waals surface area contributed by atoms with Crippen molar-refractivity contribution < 1.29 is 1.37 Å². The first-order valence-electron chi connectivity index (χ1n) is 11.8. The maximum absolute atomic E-state index is 8.72. The first-order chi connectivity index (χ1) is 15.5. The number of aryl methyl sites for hydroxylation is 1. The van der Waals surface area contributed by atoms with E-state index in [4.69, 9.17) is 6.35 Å². The van der Waals surface area contributed by atoms with Crippen LogP contribution in [0, 0.1) is 6.92 Å². The van der Waals surface area contributed by atoms with E-state index in [1.54, 1.807) is 10.6 Å². The van der Waals surface area contributed by atoms with Gasteiger partial charge in [0.15, 0.2) is 0 Å². The molecule has 0 fully saturated rings. The van der Waals surface area contributed by atoms with Gasteiger partial charge in [-0.3, -0.25) is 0 Å². The number of nitrogens with zero attached hydrogens (tertiary/aromatic N) is 1. The summed E-state index contributed by atoms with van der Waals surface area (Å²) in [6.07, 6.45) is 1.76. The second-order valence-corrected chi connectivity index (χ2v) is 23.6. The van der Waals surface area contributed by atoms with Crippen molar-refractivity contribution in [2.75, 3.05) is 0 Å². The van der Waals surface area contributed by atoms with Crippen molar-refractivity contribution in [2.24, 2.45) is 0 Å². The van der Waals surface area contributed by atoms with Gasteiger partial charge in [0.25, 0.3) is 0 Å². The number of hydrogen-bond donors (Lipinski definition) is 0. The Morgan fingerprint density at radius 2 is 1.66 bits per heavy atom. The summed E-state index contributed by atoms with van der Waals surface area (Å²) in [5.41, 5.74) is 5.09. The molecule has 0 saturated carbocycles. The quantitative estimate of drug-likeness (QED) is 0.210. The third-order valence-electron chi connectivity index (χ3n) is 6.48. The Bertz CT molecular complexity index is 1550. The third kappa shape index (κ3) is 3.57. The average molecular weight is 546 g/mol. The van der Waals surface area contributed by atoms with Crippen molar-refractivity contribution in [1.29, 1.82) is 0 Å². The average Bonchev–Trinajstić information content (AvgIpc) is 3.13. The van der Waals surface area contributed by atoms with Gasteiger partial charge < -0.3 is 0 Å². The van der Waals surface area contributed by atoms with Crippen LogP contribution >= 0.6 is 0 Å². The summed E-state index contributed by atoms with van der Waals surface area (Å²) in [4.78, 5) is 4.87. The molecular weight excluding hydrogens is 514 g/mol. The van der Waals surface area contributed by atoms with Gasteiger partial charge in [-0.15, -0.1) is 0 Å². The van der Waals surface area contributed by atoms with Gasteiger partial charge >= 0.3 is 202 Å². The van der Waals surface area contributed by atoms with Crippen molar-refractivity contribution in [3.63, 3.8) is 0 Å². The van der Waals surface area contributed by atoms with E-state index in [1.165, 1.54) is 41.4 Å². The number of benzene rings is 3. The summed E-state index contributed by atoms with van der Waals surface area (Å²) in [5.74, 6) is 7.40. The van der Waals surface area contributed by atoms with Crippen LogP contribution < -0.4 is 4.40 Å². The fourth-order valence-corrected chi connectivity index (χ4v) is 11.9. The van der Waals surface area contributed by atoms with Crippen molar-refractivity contribution in [1.82, 2.24) is 4.98 Å². The van der Waals surface area contributed by atoms with Gasteiger partial charge in [0.1, 0.15) is 0 Å². The zero-order chi connectivity index (χ0) is 23.7. The molecular formula is C29H31GeNSe. The fraction of sp³-hybridized carbons (Fsp3) is 0.276. The predicted octanol–water partition coefficient (Wildman–Crippen LogP) is 7.42. The van der Waals surface area contributed by atoms with Crippen LogP contribution in [-0.4, -0.2) is 32.8 Å². The van der Waals surface area contributed by atoms with Crippen LogP contribution in [0.25, 0.3) is 41.3 Å². The Kier molecular flexibility index (Phi) is 4.91. The van der Waals surface area contributed by atoms with Gasteiger partial charge in [-0.2, -0.15) is 0 Å². The number of pyridine rings is 1. The number of aromatic nitrogens is 1. The summed E-state index contributed by atoms with van der Waals surface area (Å²) in [6.45, 7) is 9.16. The molecule has 0 N–H and O–H groups in total. The molecule has 5 rings (SSSR count). The summed E-state index contributed by atoms with van der Waals surface area (Å²) < 4.78 is 13.1. The van der Waals surface area contributed by atoms with E-state index in [2.05, 4.69) is 93.5 Å². The van der Waals surface area contributed by atoms with Gasteiger partial charge in [-0.05, 0) is 0 Å². The van der Waals surface area contributed by atoms with Crippen LogP contribution in [0.4, 0.5) is 0 Å². The molecule has 0 saturated heterocycles. The Morgan fingerprint density at radius 3 is 2.38 bits per heavy atom. The molecule has 0 aliphatic carbocycles. The number of hydrogen-bond acceptors (Lipinski definition) is 1. The summed E-state index contributed by atoms with van der Waals surface area (Å²) in [5, 5.41) is 4.95. The van der Waals surface area contributed by atoms with E-state index in [0.717, 1.165) is 11.1 Å².